The second kappa shape index (κ2) is 11.6. The number of furan rings is 1. The summed E-state index contributed by atoms with van der Waals surface area (Å²) in [5.41, 5.74) is 1.22. The van der Waals surface area contributed by atoms with E-state index in [2.05, 4.69) is 17.9 Å². The van der Waals surface area contributed by atoms with Crippen LogP contribution in [0.5, 0.6) is 5.75 Å². The number of thioether (sulfide) groups is 1. The number of carboxylic acids is 1. The molecule has 204 valence electrons. The van der Waals surface area contributed by atoms with Gasteiger partial charge in [0.05, 0.1) is 12.0 Å². The summed E-state index contributed by atoms with van der Waals surface area (Å²) in [6.07, 6.45) is 1.69. The number of aliphatic carboxylic acids is 1. The van der Waals surface area contributed by atoms with Crippen LogP contribution in [0.1, 0.15) is 43.7 Å². The van der Waals surface area contributed by atoms with E-state index in [1.807, 2.05) is 30.3 Å². The molecule has 2 heterocycles. The minimum Gasteiger partial charge on any atom is -0.496 e. The molecule has 1 fully saturated rings. The quantitative estimate of drug-likeness (QED) is 0.242. The summed E-state index contributed by atoms with van der Waals surface area (Å²) in [5, 5.41) is 12.4. The Kier molecular flexibility index (Phi) is 8.46. The lowest BCUT2D eigenvalue weighted by Gasteiger charge is -2.23. The Hall–Kier alpha value is -3.63. The predicted octanol–water partition coefficient (Wildman–Crippen LogP) is 5.57. The SMILES string of the molecule is COc1cc(-c2ccc(/C=C3\SC(S)N(Cc4ccccc4)C3=O)o2)ccc1C(NC(=O)C(C)(C)C)C(=O)O. The van der Waals surface area contributed by atoms with E-state index in [0.717, 1.165) is 5.56 Å². The molecule has 1 aromatic heterocycles. The zero-order chi connectivity index (χ0) is 28.3. The number of methoxy groups -OCH3 is 1. The number of ether oxygens (including phenoxy) is 1. The van der Waals surface area contributed by atoms with Crippen LogP contribution in [0.15, 0.2) is 70.0 Å². The molecule has 39 heavy (non-hydrogen) atoms. The van der Waals surface area contributed by atoms with Crippen LogP contribution in [0, 0.1) is 5.41 Å². The van der Waals surface area contributed by atoms with Gasteiger partial charge in [0, 0.05) is 29.2 Å². The van der Waals surface area contributed by atoms with Crippen molar-refractivity contribution in [3.63, 3.8) is 0 Å². The van der Waals surface area contributed by atoms with Crippen molar-refractivity contribution in [2.75, 3.05) is 7.11 Å². The smallest absolute Gasteiger partial charge is 0.331 e. The topological polar surface area (TPSA) is 109 Å². The summed E-state index contributed by atoms with van der Waals surface area (Å²) >= 11 is 5.93. The van der Waals surface area contributed by atoms with Gasteiger partial charge in [0.1, 0.15) is 22.0 Å². The van der Waals surface area contributed by atoms with Gasteiger partial charge in [-0.15, -0.1) is 12.6 Å². The van der Waals surface area contributed by atoms with Crippen molar-refractivity contribution in [1.82, 2.24) is 10.2 Å². The Bertz CT molecular complexity index is 1410. The van der Waals surface area contributed by atoms with Crippen LogP contribution in [0.4, 0.5) is 0 Å². The number of carbonyl (C=O) groups is 3. The zero-order valence-electron chi connectivity index (χ0n) is 22.0. The number of thiol groups is 1. The molecule has 2 atom stereocenters. The fourth-order valence-electron chi connectivity index (χ4n) is 3.93. The number of benzene rings is 2. The van der Waals surface area contributed by atoms with Crippen molar-refractivity contribution in [2.45, 2.75) is 38.1 Å². The Morgan fingerprint density at radius 2 is 1.90 bits per heavy atom. The highest BCUT2D eigenvalue weighted by atomic mass is 32.2. The Morgan fingerprint density at radius 3 is 2.54 bits per heavy atom. The summed E-state index contributed by atoms with van der Waals surface area (Å²) in [5.74, 6) is -0.419. The number of carboxylic acid groups (broad SMARTS) is 1. The van der Waals surface area contributed by atoms with E-state index < -0.39 is 23.3 Å². The maximum absolute atomic E-state index is 13.0. The summed E-state index contributed by atoms with van der Waals surface area (Å²) in [6.45, 7) is 5.59. The molecule has 1 aliphatic rings. The molecular formula is C29H30N2O6S2. The molecule has 0 bridgehead atoms. The summed E-state index contributed by atoms with van der Waals surface area (Å²) in [7, 11) is 1.43. The van der Waals surface area contributed by atoms with Crippen molar-refractivity contribution in [2.24, 2.45) is 5.41 Å². The minimum atomic E-state index is -1.28. The standard InChI is InChI=1S/C29H30N2O6S2/c1-29(2,3)27(35)30-24(26(33)34)20-12-10-18(14-22(20)36-4)21-13-11-19(37-21)15-23-25(32)31(28(38)39-23)16-17-8-6-5-7-9-17/h5-15,24,28,38H,16H2,1-4H3,(H,30,35)(H,33,34)/b23-15-. The third-order valence-electron chi connectivity index (χ3n) is 6.10. The van der Waals surface area contributed by atoms with Gasteiger partial charge < -0.3 is 24.5 Å². The third kappa shape index (κ3) is 6.51. The summed E-state index contributed by atoms with van der Waals surface area (Å²) in [6, 6.07) is 16.9. The van der Waals surface area contributed by atoms with E-state index in [1.165, 1.54) is 18.9 Å². The highest BCUT2D eigenvalue weighted by Crippen LogP contribution is 2.40. The lowest BCUT2D eigenvalue weighted by Crippen LogP contribution is -2.40. The van der Waals surface area contributed by atoms with Crippen LogP contribution in [0.3, 0.4) is 0 Å². The van der Waals surface area contributed by atoms with Gasteiger partial charge in [-0.3, -0.25) is 9.59 Å². The van der Waals surface area contributed by atoms with Gasteiger partial charge in [0.2, 0.25) is 5.91 Å². The van der Waals surface area contributed by atoms with Crippen LogP contribution in [-0.2, 0) is 20.9 Å². The molecule has 2 aromatic carbocycles. The Labute approximate surface area is 236 Å². The molecule has 3 aromatic rings. The first-order chi connectivity index (χ1) is 18.5. The molecule has 1 aliphatic heterocycles. The largest absolute Gasteiger partial charge is 0.496 e. The van der Waals surface area contributed by atoms with E-state index in [4.69, 9.17) is 9.15 Å². The molecule has 2 N–H and O–H groups in total. The summed E-state index contributed by atoms with van der Waals surface area (Å²) in [4.78, 5) is 39.7. The molecule has 0 spiro atoms. The summed E-state index contributed by atoms with van der Waals surface area (Å²) < 4.78 is 11.2. The molecule has 0 aliphatic carbocycles. The average molecular weight is 567 g/mol. The molecule has 0 saturated carbocycles. The number of hydrogen-bond acceptors (Lipinski definition) is 7. The third-order valence-corrected chi connectivity index (χ3v) is 7.71. The zero-order valence-corrected chi connectivity index (χ0v) is 23.7. The normalized spacial score (nSPS) is 17.4. The van der Waals surface area contributed by atoms with Gasteiger partial charge in [-0.2, -0.15) is 0 Å². The molecule has 0 radical (unpaired) electrons. The molecule has 1 saturated heterocycles. The van der Waals surface area contributed by atoms with Crippen LogP contribution in [-0.4, -0.2) is 39.6 Å². The number of hydrogen-bond donors (Lipinski definition) is 3. The number of carbonyl (C=O) groups excluding carboxylic acids is 2. The van der Waals surface area contributed by atoms with Crippen molar-refractivity contribution in [3.8, 4) is 17.1 Å². The van der Waals surface area contributed by atoms with Gasteiger partial charge in [-0.25, -0.2) is 4.79 Å². The molecule has 8 nitrogen and oxygen atoms in total. The first kappa shape index (κ1) is 28.4. The second-order valence-corrected chi connectivity index (χ2v) is 12.0. The van der Waals surface area contributed by atoms with Crippen molar-refractivity contribution in [1.29, 1.82) is 0 Å². The number of rotatable bonds is 8. The van der Waals surface area contributed by atoms with E-state index in [-0.39, 0.29) is 10.6 Å². The van der Waals surface area contributed by atoms with Crippen molar-refractivity contribution >= 4 is 48.3 Å². The van der Waals surface area contributed by atoms with Gasteiger partial charge in [-0.1, -0.05) is 75.0 Å². The maximum Gasteiger partial charge on any atom is 0.331 e. The van der Waals surface area contributed by atoms with Gasteiger partial charge in [0.15, 0.2) is 6.04 Å². The highest BCUT2D eigenvalue weighted by Gasteiger charge is 2.34. The molecular weight excluding hydrogens is 536 g/mol. The average Bonchev–Trinajstić information content (AvgIpc) is 3.47. The fraction of sp³-hybridized carbons (Fsp3) is 0.276. The molecule has 2 unspecified atom stereocenters. The fourth-order valence-corrected chi connectivity index (χ4v) is 5.39. The van der Waals surface area contributed by atoms with Crippen molar-refractivity contribution < 1.29 is 28.6 Å². The Morgan fingerprint density at radius 1 is 1.18 bits per heavy atom. The first-order valence-electron chi connectivity index (χ1n) is 12.2. The van der Waals surface area contributed by atoms with Crippen LogP contribution in [0.25, 0.3) is 17.4 Å². The minimum absolute atomic E-state index is 0.121. The predicted molar refractivity (Wildman–Crippen MR) is 154 cm³/mol. The number of nitrogens with zero attached hydrogens (tertiary/aromatic N) is 1. The van der Waals surface area contributed by atoms with Gasteiger partial charge in [0.25, 0.3) is 5.91 Å². The highest BCUT2D eigenvalue weighted by molar-refractivity contribution is 8.14. The lowest BCUT2D eigenvalue weighted by atomic mass is 9.94. The van der Waals surface area contributed by atoms with E-state index in [9.17, 15) is 19.5 Å². The van der Waals surface area contributed by atoms with E-state index >= 15 is 0 Å². The van der Waals surface area contributed by atoms with Crippen LogP contribution < -0.4 is 10.1 Å². The lowest BCUT2D eigenvalue weighted by molar-refractivity contribution is -0.143. The number of amides is 2. The van der Waals surface area contributed by atoms with E-state index in [1.54, 1.807) is 62.1 Å². The van der Waals surface area contributed by atoms with Gasteiger partial charge in [-0.05, 0) is 23.8 Å². The molecule has 4 rings (SSSR count). The first-order valence-corrected chi connectivity index (χ1v) is 13.6. The monoisotopic (exact) mass is 566 g/mol. The second-order valence-electron chi connectivity index (χ2n) is 10.0. The molecule has 10 heteroatoms. The number of nitrogens with one attached hydrogen (secondary N) is 1. The van der Waals surface area contributed by atoms with Crippen LogP contribution in [0.2, 0.25) is 0 Å². The van der Waals surface area contributed by atoms with Gasteiger partial charge >= 0.3 is 5.97 Å². The van der Waals surface area contributed by atoms with Crippen LogP contribution >= 0.6 is 24.4 Å². The van der Waals surface area contributed by atoms with E-state index in [0.29, 0.717) is 39.8 Å². The maximum atomic E-state index is 13.0. The van der Waals surface area contributed by atoms with Crippen molar-refractivity contribution in [3.05, 3.63) is 82.5 Å². The molecule has 2 amide bonds. The Balaban J connectivity index is 1.55.